The molecule has 1 aromatic heterocycles. The number of aromatic nitrogens is 1. The van der Waals surface area contributed by atoms with Gasteiger partial charge in [-0.1, -0.05) is 0 Å². The van der Waals surface area contributed by atoms with Gasteiger partial charge >= 0.3 is 0 Å². The molecule has 2 heterocycles. The molecule has 78 valence electrons. The number of hydrogen-bond acceptors (Lipinski definition) is 5. The van der Waals surface area contributed by atoms with Gasteiger partial charge in [-0.3, -0.25) is 0 Å². The molecule has 1 saturated heterocycles. The minimum absolute atomic E-state index is 0.0544. The first-order valence-corrected chi connectivity index (χ1v) is 5.42. The van der Waals surface area contributed by atoms with Gasteiger partial charge in [-0.15, -0.1) is 11.3 Å². The second kappa shape index (κ2) is 4.35. The zero-order valence-corrected chi connectivity index (χ0v) is 8.79. The summed E-state index contributed by atoms with van der Waals surface area (Å²) in [6, 6.07) is 0. The summed E-state index contributed by atoms with van der Waals surface area (Å²) in [5.74, 6) is 0. The highest BCUT2D eigenvalue weighted by atomic mass is 32.1. The molecule has 1 aliphatic heterocycles. The molecule has 0 spiro atoms. The van der Waals surface area contributed by atoms with Crippen molar-refractivity contribution in [3.05, 3.63) is 16.1 Å². The zero-order valence-electron chi connectivity index (χ0n) is 7.97. The summed E-state index contributed by atoms with van der Waals surface area (Å²) in [7, 11) is 0. The van der Waals surface area contributed by atoms with Crippen LogP contribution in [0.15, 0.2) is 6.20 Å². The minimum atomic E-state index is -0.453. The summed E-state index contributed by atoms with van der Waals surface area (Å²) < 4.78 is 10.8. The van der Waals surface area contributed by atoms with Gasteiger partial charge in [0, 0.05) is 6.20 Å². The molecular formula is C9H13NO3S. The Labute approximate surface area is 86.5 Å². The number of hydrogen-bond donors (Lipinski definition) is 1. The number of aliphatic hydroxyl groups excluding tert-OH is 1. The maximum atomic E-state index is 9.33. The maximum Gasteiger partial charge on any atom is 0.132 e. The van der Waals surface area contributed by atoms with Crippen LogP contribution in [0.5, 0.6) is 0 Å². The van der Waals surface area contributed by atoms with Crippen LogP contribution < -0.4 is 0 Å². The van der Waals surface area contributed by atoms with Crippen molar-refractivity contribution in [2.24, 2.45) is 0 Å². The highest BCUT2D eigenvalue weighted by Gasteiger charge is 2.20. The SMILES string of the molecule is CC(O)c1cnc(C2COCCO2)s1. The highest BCUT2D eigenvalue weighted by molar-refractivity contribution is 7.11. The molecule has 0 aromatic carbocycles. The van der Waals surface area contributed by atoms with Crippen LogP contribution in [0.2, 0.25) is 0 Å². The molecule has 1 fully saturated rings. The van der Waals surface area contributed by atoms with Gasteiger partial charge < -0.3 is 14.6 Å². The van der Waals surface area contributed by atoms with Crippen LogP contribution in [0.3, 0.4) is 0 Å². The lowest BCUT2D eigenvalue weighted by Gasteiger charge is -2.20. The number of thiazole rings is 1. The van der Waals surface area contributed by atoms with E-state index in [0.717, 1.165) is 9.88 Å². The van der Waals surface area contributed by atoms with Gasteiger partial charge in [0.1, 0.15) is 11.1 Å². The van der Waals surface area contributed by atoms with Crippen molar-refractivity contribution in [1.29, 1.82) is 0 Å². The van der Waals surface area contributed by atoms with E-state index in [-0.39, 0.29) is 6.10 Å². The lowest BCUT2D eigenvalue weighted by atomic mass is 10.3. The van der Waals surface area contributed by atoms with E-state index < -0.39 is 6.10 Å². The first-order chi connectivity index (χ1) is 6.77. The Morgan fingerprint density at radius 1 is 1.64 bits per heavy atom. The van der Waals surface area contributed by atoms with Gasteiger partial charge in [-0.05, 0) is 6.92 Å². The third kappa shape index (κ3) is 2.12. The Morgan fingerprint density at radius 2 is 2.50 bits per heavy atom. The molecule has 1 aromatic rings. The van der Waals surface area contributed by atoms with Gasteiger partial charge in [0.25, 0.3) is 0 Å². The van der Waals surface area contributed by atoms with Crippen LogP contribution >= 0.6 is 11.3 Å². The minimum Gasteiger partial charge on any atom is -0.388 e. The fraction of sp³-hybridized carbons (Fsp3) is 0.667. The quantitative estimate of drug-likeness (QED) is 0.807. The van der Waals surface area contributed by atoms with E-state index in [9.17, 15) is 5.11 Å². The van der Waals surface area contributed by atoms with Crippen molar-refractivity contribution in [1.82, 2.24) is 4.98 Å². The predicted octanol–water partition coefficient (Wildman–Crippen LogP) is 1.28. The summed E-state index contributed by atoms with van der Waals surface area (Å²) in [6.45, 7) is 3.57. The monoisotopic (exact) mass is 215 g/mol. The van der Waals surface area contributed by atoms with Crippen LogP contribution in [0.4, 0.5) is 0 Å². The van der Waals surface area contributed by atoms with E-state index in [2.05, 4.69) is 4.98 Å². The van der Waals surface area contributed by atoms with Crippen LogP contribution in [0.25, 0.3) is 0 Å². The van der Waals surface area contributed by atoms with Gasteiger partial charge in [-0.2, -0.15) is 0 Å². The van der Waals surface area contributed by atoms with Crippen molar-refractivity contribution in [2.45, 2.75) is 19.1 Å². The molecule has 2 rings (SSSR count). The summed E-state index contributed by atoms with van der Waals surface area (Å²) >= 11 is 1.48. The number of ether oxygens (including phenoxy) is 2. The topological polar surface area (TPSA) is 51.6 Å². The predicted molar refractivity (Wildman–Crippen MR) is 52.3 cm³/mol. The van der Waals surface area contributed by atoms with Gasteiger partial charge in [-0.25, -0.2) is 4.98 Å². The van der Waals surface area contributed by atoms with Crippen molar-refractivity contribution in [2.75, 3.05) is 19.8 Å². The molecule has 14 heavy (non-hydrogen) atoms. The summed E-state index contributed by atoms with van der Waals surface area (Å²) in [5.41, 5.74) is 0. The van der Waals surface area contributed by atoms with Crippen LogP contribution in [-0.2, 0) is 9.47 Å². The highest BCUT2D eigenvalue weighted by Crippen LogP contribution is 2.28. The Bertz CT molecular complexity index is 294. The zero-order chi connectivity index (χ0) is 9.97. The van der Waals surface area contributed by atoms with Gasteiger partial charge in [0.2, 0.25) is 0 Å². The largest absolute Gasteiger partial charge is 0.388 e. The fourth-order valence-corrected chi connectivity index (χ4v) is 2.16. The number of rotatable bonds is 2. The molecule has 0 saturated carbocycles. The third-order valence-electron chi connectivity index (χ3n) is 2.04. The smallest absolute Gasteiger partial charge is 0.132 e. The molecule has 0 radical (unpaired) electrons. The van der Waals surface area contributed by atoms with Gasteiger partial charge in [0.15, 0.2) is 0 Å². The van der Waals surface area contributed by atoms with Crippen LogP contribution in [-0.4, -0.2) is 29.9 Å². The summed E-state index contributed by atoms with van der Waals surface area (Å²) in [4.78, 5) is 5.08. The van der Waals surface area contributed by atoms with E-state index in [1.807, 2.05) is 0 Å². The lowest BCUT2D eigenvalue weighted by Crippen LogP contribution is -2.21. The van der Waals surface area contributed by atoms with E-state index in [1.165, 1.54) is 11.3 Å². The average molecular weight is 215 g/mol. The summed E-state index contributed by atoms with van der Waals surface area (Å²) in [5, 5.41) is 10.2. The second-order valence-corrected chi connectivity index (χ2v) is 4.30. The van der Waals surface area contributed by atoms with E-state index in [1.54, 1.807) is 13.1 Å². The first kappa shape index (κ1) is 10.0. The van der Waals surface area contributed by atoms with Crippen molar-refractivity contribution < 1.29 is 14.6 Å². The molecule has 4 nitrogen and oxygen atoms in total. The number of aliphatic hydroxyl groups is 1. The van der Waals surface area contributed by atoms with Gasteiger partial charge in [0.05, 0.1) is 30.8 Å². The molecular weight excluding hydrogens is 202 g/mol. The standard InChI is InChI=1S/C9H13NO3S/c1-6(11)8-4-10-9(14-8)7-5-12-2-3-13-7/h4,6-7,11H,2-3,5H2,1H3. The Morgan fingerprint density at radius 3 is 3.07 bits per heavy atom. The molecule has 5 heteroatoms. The Kier molecular flexibility index (Phi) is 3.12. The first-order valence-electron chi connectivity index (χ1n) is 4.60. The van der Waals surface area contributed by atoms with Crippen LogP contribution in [0.1, 0.15) is 29.0 Å². The molecule has 1 aliphatic rings. The van der Waals surface area contributed by atoms with Crippen molar-refractivity contribution in [3.63, 3.8) is 0 Å². The normalized spacial score (nSPS) is 24.9. The molecule has 2 unspecified atom stereocenters. The van der Waals surface area contributed by atoms with E-state index in [0.29, 0.717) is 19.8 Å². The Balaban J connectivity index is 2.07. The van der Waals surface area contributed by atoms with E-state index in [4.69, 9.17) is 9.47 Å². The van der Waals surface area contributed by atoms with Crippen molar-refractivity contribution in [3.8, 4) is 0 Å². The lowest BCUT2D eigenvalue weighted by molar-refractivity contribution is -0.0901. The average Bonchev–Trinajstić information content (AvgIpc) is 2.68. The molecule has 1 N–H and O–H groups in total. The molecule has 0 bridgehead atoms. The second-order valence-electron chi connectivity index (χ2n) is 3.21. The molecule has 0 aliphatic carbocycles. The maximum absolute atomic E-state index is 9.33. The number of nitrogens with zero attached hydrogens (tertiary/aromatic N) is 1. The van der Waals surface area contributed by atoms with Crippen LogP contribution in [0, 0.1) is 0 Å². The molecule has 0 amide bonds. The Hall–Kier alpha value is -0.490. The van der Waals surface area contributed by atoms with Crippen molar-refractivity contribution >= 4 is 11.3 Å². The van der Waals surface area contributed by atoms with E-state index >= 15 is 0 Å². The fourth-order valence-electron chi connectivity index (χ4n) is 1.27. The third-order valence-corrected chi connectivity index (χ3v) is 3.30. The molecule has 2 atom stereocenters. The summed E-state index contributed by atoms with van der Waals surface area (Å²) in [6.07, 6.45) is 1.19.